The molecule has 1 amide bonds. The van der Waals surface area contributed by atoms with E-state index >= 15 is 0 Å². The van der Waals surface area contributed by atoms with Crippen LogP contribution in [0.25, 0.3) is 0 Å². The van der Waals surface area contributed by atoms with Crippen LogP contribution in [0.1, 0.15) is 37.6 Å². The standard InChI is InChI=1S/C12H18ClN3O/c1-4-12(2,3)7-16-11(17)9-5-8(14)6-15-10(9)13/h5-6H,4,7,14H2,1-3H3,(H,16,17). The van der Waals surface area contributed by atoms with E-state index in [1.54, 1.807) is 0 Å². The largest absolute Gasteiger partial charge is 0.397 e. The first-order valence-corrected chi connectivity index (χ1v) is 5.93. The predicted molar refractivity (Wildman–Crippen MR) is 70.1 cm³/mol. The molecule has 0 radical (unpaired) electrons. The number of carbonyl (C=O) groups excluding carboxylic acids is 1. The molecule has 17 heavy (non-hydrogen) atoms. The lowest BCUT2D eigenvalue weighted by Crippen LogP contribution is -2.33. The predicted octanol–water partition coefficient (Wildman–Crippen LogP) is 2.48. The molecule has 0 aliphatic rings. The quantitative estimate of drug-likeness (QED) is 0.813. The topological polar surface area (TPSA) is 68.0 Å². The molecule has 1 aromatic heterocycles. The number of amides is 1. The minimum absolute atomic E-state index is 0.0654. The second-order valence-corrected chi connectivity index (χ2v) is 5.17. The van der Waals surface area contributed by atoms with Crippen molar-refractivity contribution in [2.24, 2.45) is 5.41 Å². The van der Waals surface area contributed by atoms with E-state index < -0.39 is 0 Å². The fourth-order valence-electron chi connectivity index (χ4n) is 1.16. The highest BCUT2D eigenvalue weighted by Crippen LogP contribution is 2.19. The number of hydrogen-bond donors (Lipinski definition) is 2. The summed E-state index contributed by atoms with van der Waals surface area (Å²) in [7, 11) is 0. The normalized spacial score (nSPS) is 11.3. The van der Waals surface area contributed by atoms with Crippen LogP contribution in [0.15, 0.2) is 12.3 Å². The Kier molecular flexibility index (Phi) is 4.34. The fraction of sp³-hybridized carbons (Fsp3) is 0.500. The Hall–Kier alpha value is -1.29. The number of carbonyl (C=O) groups is 1. The summed E-state index contributed by atoms with van der Waals surface area (Å²) in [5, 5.41) is 3.01. The van der Waals surface area contributed by atoms with Crippen LogP contribution in [0, 0.1) is 5.41 Å². The van der Waals surface area contributed by atoms with Gasteiger partial charge in [-0.1, -0.05) is 32.4 Å². The Morgan fingerprint density at radius 2 is 2.24 bits per heavy atom. The summed E-state index contributed by atoms with van der Waals surface area (Å²) >= 11 is 5.85. The number of nitrogens with zero attached hydrogens (tertiary/aromatic N) is 1. The highest BCUT2D eigenvalue weighted by molar-refractivity contribution is 6.32. The van der Waals surface area contributed by atoms with Crippen LogP contribution in [0.3, 0.4) is 0 Å². The molecular formula is C12H18ClN3O. The van der Waals surface area contributed by atoms with Crippen LogP contribution in [0.5, 0.6) is 0 Å². The SMILES string of the molecule is CCC(C)(C)CNC(=O)c1cc(N)cnc1Cl. The molecule has 1 rings (SSSR count). The van der Waals surface area contributed by atoms with Crippen LogP contribution in [0.2, 0.25) is 5.15 Å². The summed E-state index contributed by atoms with van der Waals surface area (Å²) in [6, 6.07) is 1.53. The zero-order chi connectivity index (χ0) is 13.1. The van der Waals surface area contributed by atoms with Crippen LogP contribution in [0.4, 0.5) is 5.69 Å². The lowest BCUT2D eigenvalue weighted by Gasteiger charge is -2.22. The number of nitrogens with two attached hydrogens (primary N) is 1. The van der Waals surface area contributed by atoms with Crippen molar-refractivity contribution in [2.45, 2.75) is 27.2 Å². The molecule has 0 aliphatic carbocycles. The van der Waals surface area contributed by atoms with Crippen LogP contribution in [-0.2, 0) is 0 Å². The molecule has 3 N–H and O–H groups in total. The van der Waals surface area contributed by atoms with Gasteiger partial charge in [0.15, 0.2) is 0 Å². The first-order chi connectivity index (χ1) is 7.85. The van der Waals surface area contributed by atoms with Crippen molar-refractivity contribution in [3.05, 3.63) is 23.0 Å². The van der Waals surface area contributed by atoms with Crippen molar-refractivity contribution in [1.82, 2.24) is 10.3 Å². The van der Waals surface area contributed by atoms with Gasteiger partial charge in [-0.05, 0) is 17.9 Å². The maximum atomic E-state index is 11.9. The summed E-state index contributed by atoms with van der Waals surface area (Å²) < 4.78 is 0. The monoisotopic (exact) mass is 255 g/mol. The molecule has 0 saturated heterocycles. The van der Waals surface area contributed by atoms with Gasteiger partial charge in [0.2, 0.25) is 0 Å². The second kappa shape index (κ2) is 5.36. The number of halogens is 1. The summed E-state index contributed by atoms with van der Waals surface area (Å²) in [6.45, 7) is 6.85. The lowest BCUT2D eigenvalue weighted by atomic mass is 9.90. The Morgan fingerprint density at radius 1 is 1.59 bits per heavy atom. The molecule has 0 aliphatic heterocycles. The van der Waals surface area contributed by atoms with Crippen molar-refractivity contribution >= 4 is 23.2 Å². The zero-order valence-corrected chi connectivity index (χ0v) is 11.1. The molecule has 4 nitrogen and oxygen atoms in total. The summed E-state index contributed by atoms with van der Waals surface area (Å²) in [4.78, 5) is 15.7. The first-order valence-electron chi connectivity index (χ1n) is 5.55. The molecule has 0 saturated carbocycles. The van der Waals surface area contributed by atoms with Crippen LogP contribution >= 0.6 is 11.6 Å². The number of anilines is 1. The lowest BCUT2D eigenvalue weighted by molar-refractivity contribution is 0.0935. The maximum absolute atomic E-state index is 11.9. The molecule has 0 unspecified atom stereocenters. The second-order valence-electron chi connectivity index (χ2n) is 4.81. The molecule has 0 atom stereocenters. The number of pyridine rings is 1. The zero-order valence-electron chi connectivity index (χ0n) is 10.4. The van der Waals surface area contributed by atoms with Gasteiger partial charge in [0.05, 0.1) is 17.4 Å². The Labute approximate surface area is 107 Å². The first kappa shape index (κ1) is 13.8. The van der Waals surface area contributed by atoms with Gasteiger partial charge < -0.3 is 11.1 Å². The third kappa shape index (κ3) is 3.89. The van der Waals surface area contributed by atoms with Gasteiger partial charge in [-0.3, -0.25) is 4.79 Å². The van der Waals surface area contributed by atoms with E-state index in [9.17, 15) is 4.79 Å². The van der Waals surface area contributed by atoms with Gasteiger partial charge in [0.1, 0.15) is 5.15 Å². The number of aromatic nitrogens is 1. The summed E-state index contributed by atoms with van der Waals surface area (Å²) in [6.07, 6.45) is 2.41. The van der Waals surface area contributed by atoms with Gasteiger partial charge in [0.25, 0.3) is 5.91 Å². The average Bonchev–Trinajstić information content (AvgIpc) is 2.29. The van der Waals surface area contributed by atoms with Gasteiger partial charge in [-0.2, -0.15) is 0 Å². The van der Waals surface area contributed by atoms with Crippen molar-refractivity contribution in [3.63, 3.8) is 0 Å². The molecule has 1 aromatic rings. The van der Waals surface area contributed by atoms with Gasteiger partial charge in [-0.15, -0.1) is 0 Å². The Balaban J connectivity index is 2.74. The van der Waals surface area contributed by atoms with E-state index in [4.69, 9.17) is 17.3 Å². The van der Waals surface area contributed by atoms with E-state index in [1.807, 2.05) is 0 Å². The smallest absolute Gasteiger partial charge is 0.254 e. The molecule has 0 spiro atoms. The Morgan fingerprint density at radius 3 is 2.82 bits per heavy atom. The van der Waals surface area contributed by atoms with E-state index in [0.717, 1.165) is 6.42 Å². The number of nitrogen functional groups attached to an aromatic ring is 1. The van der Waals surface area contributed by atoms with E-state index in [2.05, 4.69) is 31.1 Å². The van der Waals surface area contributed by atoms with Crippen LogP contribution in [-0.4, -0.2) is 17.4 Å². The van der Waals surface area contributed by atoms with Crippen molar-refractivity contribution < 1.29 is 4.79 Å². The van der Waals surface area contributed by atoms with Gasteiger partial charge >= 0.3 is 0 Å². The molecular weight excluding hydrogens is 238 g/mol. The molecule has 0 aromatic carbocycles. The molecule has 94 valence electrons. The third-order valence-corrected chi connectivity index (χ3v) is 3.09. The van der Waals surface area contributed by atoms with E-state index in [1.165, 1.54) is 12.3 Å². The number of rotatable bonds is 4. The molecule has 1 heterocycles. The highest BCUT2D eigenvalue weighted by Gasteiger charge is 2.18. The molecule has 0 fully saturated rings. The highest BCUT2D eigenvalue weighted by atomic mass is 35.5. The Bertz CT molecular complexity index is 418. The van der Waals surface area contributed by atoms with Crippen molar-refractivity contribution in [2.75, 3.05) is 12.3 Å². The minimum Gasteiger partial charge on any atom is -0.397 e. The van der Waals surface area contributed by atoms with Crippen molar-refractivity contribution in [1.29, 1.82) is 0 Å². The summed E-state index contributed by atoms with van der Waals surface area (Å²) in [5.41, 5.74) is 6.38. The average molecular weight is 256 g/mol. The number of nitrogens with one attached hydrogen (secondary N) is 1. The molecule has 5 heteroatoms. The van der Waals surface area contributed by atoms with Gasteiger partial charge in [0, 0.05) is 6.54 Å². The van der Waals surface area contributed by atoms with Gasteiger partial charge in [-0.25, -0.2) is 4.98 Å². The fourth-order valence-corrected chi connectivity index (χ4v) is 1.35. The maximum Gasteiger partial charge on any atom is 0.254 e. The van der Waals surface area contributed by atoms with E-state index in [0.29, 0.717) is 17.8 Å². The van der Waals surface area contributed by atoms with Crippen molar-refractivity contribution in [3.8, 4) is 0 Å². The minimum atomic E-state index is -0.240. The number of hydrogen-bond acceptors (Lipinski definition) is 3. The van der Waals surface area contributed by atoms with Crippen LogP contribution < -0.4 is 11.1 Å². The molecule has 0 bridgehead atoms. The third-order valence-electron chi connectivity index (χ3n) is 2.79. The summed E-state index contributed by atoms with van der Waals surface area (Å²) in [5.74, 6) is -0.240. The van der Waals surface area contributed by atoms with E-state index in [-0.39, 0.29) is 16.5 Å².